The molecular formula is C23H27FN6O2. The van der Waals surface area contributed by atoms with Gasteiger partial charge in [-0.3, -0.25) is 9.78 Å². The first-order valence-electron chi connectivity index (χ1n) is 11.2. The molecule has 0 spiro atoms. The average Bonchev–Trinajstić information content (AvgIpc) is 3.43. The fraction of sp³-hybridized carbons (Fsp3) is 0.478. The summed E-state index contributed by atoms with van der Waals surface area (Å²) in [6, 6.07) is 3.48. The highest BCUT2D eigenvalue weighted by Gasteiger charge is 2.30. The molecule has 2 aliphatic rings. The molecule has 0 bridgehead atoms. The highest BCUT2D eigenvalue weighted by Crippen LogP contribution is 2.36. The van der Waals surface area contributed by atoms with E-state index in [-0.39, 0.29) is 29.9 Å². The Labute approximate surface area is 185 Å². The summed E-state index contributed by atoms with van der Waals surface area (Å²) in [4.78, 5) is 24.1. The molecule has 1 aliphatic heterocycles. The van der Waals surface area contributed by atoms with Crippen LogP contribution in [-0.2, 0) is 0 Å². The zero-order valence-electron chi connectivity index (χ0n) is 18.0. The number of aryl methyl sites for hydroxylation is 1. The van der Waals surface area contributed by atoms with E-state index < -0.39 is 0 Å². The van der Waals surface area contributed by atoms with Crippen LogP contribution in [0.3, 0.4) is 0 Å². The van der Waals surface area contributed by atoms with Crippen LogP contribution in [0.2, 0.25) is 0 Å². The Morgan fingerprint density at radius 2 is 2.03 bits per heavy atom. The van der Waals surface area contributed by atoms with Crippen LogP contribution in [0.4, 0.5) is 10.2 Å². The van der Waals surface area contributed by atoms with Crippen LogP contribution in [0.5, 0.6) is 0 Å². The molecule has 0 radical (unpaired) electrons. The Morgan fingerprint density at radius 3 is 2.84 bits per heavy atom. The van der Waals surface area contributed by atoms with E-state index in [0.717, 1.165) is 49.3 Å². The highest BCUT2D eigenvalue weighted by atomic mass is 19.1. The van der Waals surface area contributed by atoms with Crippen molar-refractivity contribution in [3.8, 4) is 0 Å². The molecule has 32 heavy (non-hydrogen) atoms. The summed E-state index contributed by atoms with van der Waals surface area (Å²) in [7, 11) is 0. The summed E-state index contributed by atoms with van der Waals surface area (Å²) in [5, 5.41) is 17.0. The number of nitrogens with zero attached hydrogens (tertiary/aromatic N) is 5. The highest BCUT2D eigenvalue weighted by molar-refractivity contribution is 5.99. The Bertz CT molecular complexity index is 1140. The summed E-state index contributed by atoms with van der Waals surface area (Å²) in [5.74, 6) is 0.194. The topological polar surface area (TPSA) is 95.7 Å². The number of anilines is 1. The normalized spacial score (nSPS) is 23.6. The van der Waals surface area contributed by atoms with Crippen molar-refractivity contribution in [2.75, 3.05) is 11.4 Å². The van der Waals surface area contributed by atoms with Crippen molar-refractivity contribution in [2.24, 2.45) is 0 Å². The largest absolute Gasteiger partial charge is 0.393 e. The molecule has 168 valence electrons. The molecule has 3 aromatic rings. The number of aromatic nitrogens is 4. The van der Waals surface area contributed by atoms with E-state index in [0.29, 0.717) is 24.1 Å². The molecule has 4 heterocycles. The van der Waals surface area contributed by atoms with Crippen molar-refractivity contribution < 1.29 is 14.3 Å². The van der Waals surface area contributed by atoms with Crippen LogP contribution in [0.1, 0.15) is 66.2 Å². The van der Waals surface area contributed by atoms with Gasteiger partial charge in [0.15, 0.2) is 5.65 Å². The number of hydrogen-bond donors (Lipinski definition) is 2. The van der Waals surface area contributed by atoms with E-state index >= 15 is 0 Å². The molecule has 2 N–H and O–H groups in total. The van der Waals surface area contributed by atoms with Crippen molar-refractivity contribution in [2.45, 2.75) is 63.6 Å². The van der Waals surface area contributed by atoms with Gasteiger partial charge in [-0.2, -0.15) is 5.10 Å². The third-order valence-electron chi connectivity index (χ3n) is 6.63. The second-order valence-corrected chi connectivity index (χ2v) is 8.77. The fourth-order valence-corrected chi connectivity index (χ4v) is 4.89. The molecule has 3 aromatic heterocycles. The Morgan fingerprint density at radius 1 is 1.22 bits per heavy atom. The standard InChI is InChI=1S/C23H27FN6O2/c1-14-18(11-15(24)12-25-14)20-3-2-9-29(20)21-8-10-30-22(28-21)19(13-26-30)23(32)27-16-4-6-17(31)7-5-16/h8,10-13,16-17,20,31H,2-7,9H2,1H3,(H,27,32)/t16-,17+,20-/m1/s1. The van der Waals surface area contributed by atoms with E-state index in [9.17, 15) is 14.3 Å². The summed E-state index contributed by atoms with van der Waals surface area (Å²) in [6.45, 7) is 2.69. The maximum absolute atomic E-state index is 13.9. The number of carbonyl (C=O) groups excluding carboxylic acids is 1. The zero-order valence-corrected chi connectivity index (χ0v) is 18.0. The molecule has 1 amide bonds. The maximum atomic E-state index is 13.9. The molecule has 1 saturated carbocycles. The minimum atomic E-state index is -0.342. The molecule has 5 rings (SSSR count). The third kappa shape index (κ3) is 3.92. The number of halogens is 1. The lowest BCUT2D eigenvalue weighted by molar-refractivity contribution is 0.0869. The van der Waals surface area contributed by atoms with E-state index in [1.807, 2.05) is 13.0 Å². The number of aliphatic hydroxyl groups is 1. The van der Waals surface area contributed by atoms with Gasteiger partial charge in [-0.25, -0.2) is 13.9 Å². The molecule has 1 atom stereocenters. The van der Waals surface area contributed by atoms with Crippen LogP contribution in [0.15, 0.2) is 30.7 Å². The maximum Gasteiger partial charge on any atom is 0.256 e. The van der Waals surface area contributed by atoms with Crippen molar-refractivity contribution in [3.63, 3.8) is 0 Å². The zero-order chi connectivity index (χ0) is 22.2. The second-order valence-electron chi connectivity index (χ2n) is 8.77. The lowest BCUT2D eigenvalue weighted by Gasteiger charge is -2.27. The van der Waals surface area contributed by atoms with Crippen LogP contribution in [-0.4, -0.2) is 49.3 Å². The predicted octanol–water partition coefficient (Wildman–Crippen LogP) is 2.95. The molecule has 8 nitrogen and oxygen atoms in total. The van der Waals surface area contributed by atoms with Gasteiger partial charge in [0.2, 0.25) is 0 Å². The fourth-order valence-electron chi connectivity index (χ4n) is 4.89. The van der Waals surface area contributed by atoms with Gasteiger partial charge >= 0.3 is 0 Å². The minimum Gasteiger partial charge on any atom is -0.393 e. The van der Waals surface area contributed by atoms with Gasteiger partial charge in [0.05, 0.1) is 24.5 Å². The molecule has 0 aromatic carbocycles. The van der Waals surface area contributed by atoms with E-state index in [1.54, 1.807) is 23.0 Å². The minimum absolute atomic E-state index is 0.0120. The molecular weight excluding hydrogens is 411 g/mol. The van der Waals surface area contributed by atoms with E-state index in [4.69, 9.17) is 4.98 Å². The molecule has 2 fully saturated rings. The monoisotopic (exact) mass is 438 g/mol. The van der Waals surface area contributed by atoms with Gasteiger partial charge in [-0.05, 0) is 63.1 Å². The van der Waals surface area contributed by atoms with Crippen molar-refractivity contribution in [3.05, 3.63) is 53.4 Å². The Hall–Kier alpha value is -3.07. The summed E-state index contributed by atoms with van der Waals surface area (Å²) >= 11 is 0. The van der Waals surface area contributed by atoms with Crippen LogP contribution in [0.25, 0.3) is 5.65 Å². The number of nitrogens with one attached hydrogen (secondary N) is 1. The quantitative estimate of drug-likeness (QED) is 0.650. The van der Waals surface area contributed by atoms with Gasteiger partial charge in [-0.1, -0.05) is 0 Å². The number of fused-ring (bicyclic) bond motifs is 1. The van der Waals surface area contributed by atoms with Gasteiger partial charge < -0.3 is 15.3 Å². The first-order valence-corrected chi connectivity index (χ1v) is 11.2. The number of carbonyl (C=O) groups is 1. The molecule has 0 unspecified atom stereocenters. The second kappa shape index (κ2) is 8.46. The SMILES string of the molecule is Cc1ncc(F)cc1[C@H]1CCCN1c1ccn2ncc(C(=O)N[C@H]3CC[C@@H](O)CC3)c2n1. The Kier molecular flexibility index (Phi) is 5.50. The van der Waals surface area contributed by atoms with Crippen molar-refractivity contribution in [1.29, 1.82) is 0 Å². The lowest BCUT2D eigenvalue weighted by Crippen LogP contribution is -2.38. The van der Waals surface area contributed by atoms with Gasteiger partial charge in [-0.15, -0.1) is 0 Å². The van der Waals surface area contributed by atoms with Gasteiger partial charge in [0.25, 0.3) is 5.91 Å². The Balaban J connectivity index is 1.42. The number of aliphatic hydroxyl groups excluding tert-OH is 1. The molecule has 1 saturated heterocycles. The predicted molar refractivity (Wildman–Crippen MR) is 117 cm³/mol. The van der Waals surface area contributed by atoms with Crippen molar-refractivity contribution in [1.82, 2.24) is 24.9 Å². The van der Waals surface area contributed by atoms with Crippen LogP contribution >= 0.6 is 0 Å². The first kappa shape index (κ1) is 20.8. The number of amides is 1. The number of pyridine rings is 1. The van der Waals surface area contributed by atoms with Crippen LogP contribution in [0, 0.1) is 12.7 Å². The summed E-state index contributed by atoms with van der Waals surface area (Å²) < 4.78 is 15.5. The first-order chi connectivity index (χ1) is 15.5. The number of hydrogen-bond acceptors (Lipinski definition) is 6. The van der Waals surface area contributed by atoms with Gasteiger partial charge in [0.1, 0.15) is 17.2 Å². The third-order valence-corrected chi connectivity index (χ3v) is 6.63. The summed E-state index contributed by atoms with van der Waals surface area (Å²) in [6.07, 6.45) is 9.11. The van der Waals surface area contributed by atoms with Crippen molar-refractivity contribution >= 4 is 17.4 Å². The molecule has 1 aliphatic carbocycles. The summed E-state index contributed by atoms with van der Waals surface area (Å²) in [5.41, 5.74) is 2.61. The lowest BCUT2D eigenvalue weighted by atomic mass is 9.93. The molecule has 9 heteroatoms. The van der Waals surface area contributed by atoms with E-state index in [2.05, 4.69) is 20.3 Å². The van der Waals surface area contributed by atoms with Gasteiger partial charge in [0, 0.05) is 24.5 Å². The average molecular weight is 439 g/mol. The number of rotatable bonds is 4. The van der Waals surface area contributed by atoms with E-state index in [1.165, 1.54) is 6.20 Å². The van der Waals surface area contributed by atoms with Crippen LogP contribution < -0.4 is 10.2 Å². The smallest absolute Gasteiger partial charge is 0.256 e.